The van der Waals surface area contributed by atoms with Gasteiger partial charge in [-0.2, -0.15) is 0 Å². The van der Waals surface area contributed by atoms with Crippen molar-refractivity contribution >= 4 is 6.21 Å². The van der Waals surface area contributed by atoms with E-state index in [1.807, 2.05) is 0 Å². The minimum Gasteiger partial charge on any atom is -0.306 e. The molecule has 0 aromatic carbocycles. The van der Waals surface area contributed by atoms with E-state index in [4.69, 9.17) is 0 Å². The van der Waals surface area contributed by atoms with Crippen LogP contribution < -0.4 is 5.32 Å². The van der Waals surface area contributed by atoms with Crippen LogP contribution in [0.2, 0.25) is 0 Å². The van der Waals surface area contributed by atoms with E-state index in [9.17, 15) is 4.39 Å². The van der Waals surface area contributed by atoms with Crippen molar-refractivity contribution in [2.45, 2.75) is 12.5 Å². The van der Waals surface area contributed by atoms with Crippen molar-refractivity contribution in [1.82, 2.24) is 5.32 Å². The molecule has 1 atom stereocenters. The molecule has 60 valence electrons. The van der Waals surface area contributed by atoms with E-state index in [-0.39, 0.29) is 5.83 Å². The normalized spacial score (nSPS) is 29.9. The standard InChI is InChI=1S/C8H11FN2/c1-8(10-2)4-3-5-11-6-7(8)9/h3-6,10H,1-2H3. The van der Waals surface area contributed by atoms with Gasteiger partial charge in [-0.1, -0.05) is 6.08 Å². The molecule has 1 rings (SSSR count). The molecular formula is C8H11FN2. The van der Waals surface area contributed by atoms with E-state index in [1.54, 1.807) is 32.3 Å². The zero-order valence-corrected chi connectivity index (χ0v) is 6.63. The fraction of sp³-hybridized carbons (Fsp3) is 0.375. The maximum absolute atomic E-state index is 13.1. The molecular weight excluding hydrogens is 143 g/mol. The molecule has 1 N–H and O–H groups in total. The molecule has 0 saturated heterocycles. The van der Waals surface area contributed by atoms with Gasteiger partial charge in [-0.15, -0.1) is 0 Å². The fourth-order valence-corrected chi connectivity index (χ4v) is 0.810. The number of likely N-dealkylation sites (N-methyl/N-ethyl adjacent to an activating group) is 1. The molecule has 0 saturated carbocycles. The van der Waals surface area contributed by atoms with Crippen LogP contribution in [0.1, 0.15) is 6.92 Å². The van der Waals surface area contributed by atoms with Gasteiger partial charge in [-0.25, -0.2) is 4.39 Å². The number of aliphatic imine (C=N–C) groups is 1. The lowest BCUT2D eigenvalue weighted by Crippen LogP contribution is -2.38. The molecule has 2 nitrogen and oxygen atoms in total. The first kappa shape index (κ1) is 8.14. The molecule has 0 aromatic rings. The van der Waals surface area contributed by atoms with Crippen LogP contribution in [-0.4, -0.2) is 18.8 Å². The quantitative estimate of drug-likeness (QED) is 0.606. The van der Waals surface area contributed by atoms with Crippen LogP contribution in [0.4, 0.5) is 4.39 Å². The summed E-state index contributed by atoms with van der Waals surface area (Å²) < 4.78 is 13.1. The first-order chi connectivity index (χ1) is 5.19. The predicted molar refractivity (Wildman–Crippen MR) is 44.3 cm³/mol. The van der Waals surface area contributed by atoms with Crippen molar-refractivity contribution < 1.29 is 4.39 Å². The molecule has 0 fully saturated rings. The first-order valence-corrected chi connectivity index (χ1v) is 3.45. The molecule has 11 heavy (non-hydrogen) atoms. The second kappa shape index (κ2) is 2.96. The number of hydrogen-bond donors (Lipinski definition) is 1. The van der Waals surface area contributed by atoms with Crippen molar-refractivity contribution in [3.05, 3.63) is 24.2 Å². The van der Waals surface area contributed by atoms with Gasteiger partial charge in [0.2, 0.25) is 0 Å². The lowest BCUT2D eigenvalue weighted by Gasteiger charge is -2.21. The minimum atomic E-state index is -0.698. The van der Waals surface area contributed by atoms with Crippen molar-refractivity contribution in [2.75, 3.05) is 7.05 Å². The molecule has 0 aromatic heterocycles. The van der Waals surface area contributed by atoms with E-state index in [2.05, 4.69) is 10.3 Å². The summed E-state index contributed by atoms with van der Waals surface area (Å²) in [5, 5.41) is 2.86. The minimum absolute atomic E-state index is 0.273. The molecule has 0 radical (unpaired) electrons. The Labute approximate surface area is 65.5 Å². The molecule has 1 heterocycles. The largest absolute Gasteiger partial charge is 0.306 e. The van der Waals surface area contributed by atoms with Crippen LogP contribution in [0.3, 0.4) is 0 Å². The second-order valence-corrected chi connectivity index (χ2v) is 2.59. The monoisotopic (exact) mass is 154 g/mol. The number of hydrogen-bond acceptors (Lipinski definition) is 2. The molecule has 0 aliphatic carbocycles. The van der Waals surface area contributed by atoms with E-state index in [1.165, 1.54) is 6.20 Å². The number of nitrogens with one attached hydrogen (secondary N) is 1. The maximum atomic E-state index is 13.1. The first-order valence-electron chi connectivity index (χ1n) is 3.45. The smallest absolute Gasteiger partial charge is 0.142 e. The van der Waals surface area contributed by atoms with Gasteiger partial charge in [0, 0.05) is 6.21 Å². The average molecular weight is 154 g/mol. The summed E-state index contributed by atoms with van der Waals surface area (Å²) in [5.41, 5.74) is -0.698. The van der Waals surface area contributed by atoms with Crippen LogP contribution in [0.5, 0.6) is 0 Å². The van der Waals surface area contributed by atoms with Crippen LogP contribution in [0.25, 0.3) is 0 Å². The SMILES string of the molecule is CNC1(C)C=CC=NC=C1F. The molecule has 0 bridgehead atoms. The third kappa shape index (κ3) is 1.54. The van der Waals surface area contributed by atoms with Gasteiger partial charge in [0.25, 0.3) is 0 Å². The topological polar surface area (TPSA) is 24.4 Å². The average Bonchev–Trinajstić information content (AvgIpc) is 2.16. The summed E-state index contributed by atoms with van der Waals surface area (Å²) in [6.07, 6.45) is 6.23. The Morgan fingerprint density at radius 2 is 2.36 bits per heavy atom. The molecule has 0 amide bonds. The molecule has 3 heteroatoms. The van der Waals surface area contributed by atoms with Gasteiger partial charge in [0.15, 0.2) is 0 Å². The Hall–Kier alpha value is -0.960. The number of nitrogens with zero attached hydrogens (tertiary/aromatic N) is 1. The van der Waals surface area contributed by atoms with Crippen molar-refractivity contribution in [3.63, 3.8) is 0 Å². The summed E-state index contributed by atoms with van der Waals surface area (Å²) in [6, 6.07) is 0. The number of rotatable bonds is 1. The summed E-state index contributed by atoms with van der Waals surface area (Å²) in [4.78, 5) is 3.71. The van der Waals surface area contributed by atoms with E-state index in [0.29, 0.717) is 0 Å². The lowest BCUT2D eigenvalue weighted by molar-refractivity contribution is 0.433. The molecule has 1 aliphatic rings. The highest BCUT2D eigenvalue weighted by atomic mass is 19.1. The summed E-state index contributed by atoms with van der Waals surface area (Å²) in [5.74, 6) is -0.273. The van der Waals surface area contributed by atoms with E-state index in [0.717, 1.165) is 0 Å². The highest BCUT2D eigenvalue weighted by molar-refractivity contribution is 5.73. The van der Waals surface area contributed by atoms with Crippen LogP contribution in [0, 0.1) is 0 Å². The highest BCUT2D eigenvalue weighted by Crippen LogP contribution is 2.20. The third-order valence-electron chi connectivity index (χ3n) is 1.81. The van der Waals surface area contributed by atoms with Gasteiger partial charge in [0.05, 0.1) is 11.7 Å². The van der Waals surface area contributed by atoms with Crippen molar-refractivity contribution in [2.24, 2.45) is 4.99 Å². The highest BCUT2D eigenvalue weighted by Gasteiger charge is 2.24. The Balaban J connectivity index is 2.97. The summed E-state index contributed by atoms with van der Waals surface area (Å²) >= 11 is 0. The van der Waals surface area contributed by atoms with Crippen molar-refractivity contribution in [3.8, 4) is 0 Å². The van der Waals surface area contributed by atoms with Gasteiger partial charge >= 0.3 is 0 Å². The van der Waals surface area contributed by atoms with Crippen LogP contribution in [0.15, 0.2) is 29.2 Å². The van der Waals surface area contributed by atoms with Gasteiger partial charge in [0.1, 0.15) is 5.83 Å². The summed E-state index contributed by atoms with van der Waals surface area (Å²) in [6.45, 7) is 1.75. The second-order valence-electron chi connectivity index (χ2n) is 2.59. The molecule has 0 spiro atoms. The van der Waals surface area contributed by atoms with Crippen LogP contribution in [-0.2, 0) is 0 Å². The van der Waals surface area contributed by atoms with Crippen molar-refractivity contribution in [1.29, 1.82) is 0 Å². The predicted octanol–water partition coefficient (Wildman–Crippen LogP) is 1.42. The maximum Gasteiger partial charge on any atom is 0.142 e. The Morgan fingerprint density at radius 1 is 1.64 bits per heavy atom. The number of allylic oxidation sites excluding steroid dienone is 1. The van der Waals surface area contributed by atoms with Gasteiger partial charge in [-0.05, 0) is 20.0 Å². The van der Waals surface area contributed by atoms with E-state index >= 15 is 0 Å². The Kier molecular flexibility index (Phi) is 2.19. The van der Waals surface area contributed by atoms with E-state index < -0.39 is 5.54 Å². The Morgan fingerprint density at radius 3 is 3.00 bits per heavy atom. The Bertz CT molecular complexity index is 230. The zero-order chi connectivity index (χ0) is 8.32. The molecule has 1 unspecified atom stereocenters. The van der Waals surface area contributed by atoms with Crippen LogP contribution >= 0.6 is 0 Å². The van der Waals surface area contributed by atoms with Gasteiger partial charge < -0.3 is 5.32 Å². The fourth-order valence-electron chi connectivity index (χ4n) is 0.810. The third-order valence-corrected chi connectivity index (χ3v) is 1.81. The van der Waals surface area contributed by atoms with Gasteiger partial charge in [-0.3, -0.25) is 4.99 Å². The molecule has 1 aliphatic heterocycles. The zero-order valence-electron chi connectivity index (χ0n) is 6.63. The summed E-state index contributed by atoms with van der Waals surface area (Å²) in [7, 11) is 1.71. The number of halogens is 1. The lowest BCUT2D eigenvalue weighted by atomic mass is 10.0.